The van der Waals surface area contributed by atoms with Crippen LogP contribution in [0, 0.1) is 5.41 Å². The number of hydrogen-bond acceptors (Lipinski definition) is 6. The highest BCUT2D eigenvalue weighted by atomic mass is 16.6. The molecule has 1 fully saturated rings. The molecule has 2 aromatic carbocycles. The maximum absolute atomic E-state index is 13.7. The Hall–Kier alpha value is -4.47. The maximum atomic E-state index is 13.7. The highest BCUT2D eigenvalue weighted by Crippen LogP contribution is 2.35. The fourth-order valence-corrected chi connectivity index (χ4v) is 4.96. The fraction of sp³-hybridized carbons (Fsp3) is 0.367. The molecule has 0 aliphatic carbocycles. The Morgan fingerprint density at radius 2 is 1.75 bits per heavy atom. The Morgan fingerprint density at radius 1 is 1.07 bits per heavy atom. The second-order valence-corrected chi connectivity index (χ2v) is 11.2. The van der Waals surface area contributed by atoms with Gasteiger partial charge in [-0.25, -0.2) is 0 Å². The number of rotatable bonds is 9. The van der Waals surface area contributed by atoms with E-state index in [0.29, 0.717) is 0 Å². The number of primary amides is 1. The number of Topliss-reactive ketones (excluding diaryl/α,β-unsaturated/α-hetero) is 1. The zero-order chi connectivity index (χ0) is 29.1. The van der Waals surface area contributed by atoms with Crippen molar-refractivity contribution in [1.82, 2.24) is 15.6 Å². The largest absolute Gasteiger partial charge is 0.460 e. The summed E-state index contributed by atoms with van der Waals surface area (Å²) in [5.74, 6) is -3.77. The molecule has 0 spiro atoms. The molecule has 0 saturated carbocycles. The number of ether oxygens (including phenoxy) is 1. The summed E-state index contributed by atoms with van der Waals surface area (Å²) in [4.78, 5) is 69.2. The van der Waals surface area contributed by atoms with E-state index < -0.39 is 65.4 Å². The second kappa shape index (κ2) is 11.3. The summed E-state index contributed by atoms with van der Waals surface area (Å²) in [5, 5.41) is 6.13. The molecule has 40 heavy (non-hydrogen) atoms. The van der Waals surface area contributed by atoms with Gasteiger partial charge in [0.2, 0.25) is 17.7 Å². The van der Waals surface area contributed by atoms with Crippen molar-refractivity contribution in [2.45, 2.75) is 64.1 Å². The molecular formula is C30H34N4O6. The summed E-state index contributed by atoms with van der Waals surface area (Å²) in [6, 6.07) is 14.4. The topological polar surface area (TPSA) is 160 Å². The number of benzene rings is 2. The van der Waals surface area contributed by atoms with E-state index in [0.717, 1.165) is 22.0 Å². The Balaban J connectivity index is 1.60. The lowest BCUT2D eigenvalue weighted by atomic mass is 9.73. The molecule has 3 atom stereocenters. The van der Waals surface area contributed by atoms with E-state index >= 15 is 0 Å². The van der Waals surface area contributed by atoms with E-state index in [1.54, 1.807) is 51.2 Å². The molecule has 3 aromatic rings. The van der Waals surface area contributed by atoms with Gasteiger partial charge in [-0.15, -0.1) is 0 Å². The minimum Gasteiger partial charge on any atom is -0.460 e. The number of piperidine rings is 1. The molecule has 0 unspecified atom stereocenters. The predicted molar refractivity (Wildman–Crippen MR) is 148 cm³/mol. The number of nitrogens with two attached hydrogens (primary N) is 1. The van der Waals surface area contributed by atoms with E-state index in [-0.39, 0.29) is 12.8 Å². The standard InChI is InChI=1S/C30H34N4O6/c1-29(2,3)40-25(36)16-30(28(39)34-23(26(31)37)13-18-9-5-4-6-10-18)15-24(35)22(33-27(30)38)14-19-17-32-21-12-8-7-11-20(19)21/h4-12,17,22-23,32H,13-16H2,1-3H3,(H2,31,37)(H,33,38)(H,34,39)/t22-,23-,30-/m0/s1. The Kier molecular flexibility index (Phi) is 8.08. The summed E-state index contributed by atoms with van der Waals surface area (Å²) in [5.41, 5.74) is 5.04. The number of amides is 3. The molecule has 1 aliphatic rings. The van der Waals surface area contributed by atoms with Crippen LogP contribution in [0.4, 0.5) is 0 Å². The lowest BCUT2D eigenvalue weighted by molar-refractivity contribution is -0.166. The molecule has 1 saturated heterocycles. The number of H-pyrrole nitrogens is 1. The Bertz CT molecular complexity index is 1440. The molecule has 5 N–H and O–H groups in total. The van der Waals surface area contributed by atoms with Crippen LogP contribution >= 0.6 is 0 Å². The number of nitrogens with one attached hydrogen (secondary N) is 3. The molecule has 10 heteroatoms. The van der Waals surface area contributed by atoms with Crippen molar-refractivity contribution in [2.75, 3.05) is 0 Å². The van der Waals surface area contributed by atoms with Gasteiger partial charge < -0.3 is 26.1 Å². The van der Waals surface area contributed by atoms with Crippen LogP contribution in [0.25, 0.3) is 10.9 Å². The SMILES string of the molecule is CC(C)(C)OC(=O)C[C@@]1(C(=O)N[C@@H](Cc2ccccc2)C(N)=O)CC(=O)[C@H](Cc2c[nH]c3ccccc23)NC1=O. The van der Waals surface area contributed by atoms with E-state index in [2.05, 4.69) is 15.6 Å². The van der Waals surface area contributed by atoms with Gasteiger partial charge in [-0.2, -0.15) is 0 Å². The molecule has 1 aromatic heterocycles. The monoisotopic (exact) mass is 546 g/mol. The van der Waals surface area contributed by atoms with Crippen LogP contribution in [0.2, 0.25) is 0 Å². The number of aromatic nitrogens is 1. The molecule has 2 heterocycles. The van der Waals surface area contributed by atoms with Crippen molar-refractivity contribution in [3.05, 3.63) is 71.9 Å². The average Bonchev–Trinajstić information content (AvgIpc) is 3.28. The van der Waals surface area contributed by atoms with Crippen LogP contribution in [-0.4, -0.2) is 52.1 Å². The van der Waals surface area contributed by atoms with Crippen molar-refractivity contribution in [3.8, 4) is 0 Å². The first kappa shape index (κ1) is 28.5. The summed E-state index contributed by atoms with van der Waals surface area (Å²) >= 11 is 0. The number of esters is 1. The van der Waals surface area contributed by atoms with E-state index in [9.17, 15) is 24.0 Å². The molecular weight excluding hydrogens is 512 g/mol. The van der Waals surface area contributed by atoms with Gasteiger partial charge in [0.15, 0.2) is 5.78 Å². The van der Waals surface area contributed by atoms with Gasteiger partial charge in [-0.1, -0.05) is 48.5 Å². The Morgan fingerprint density at radius 3 is 2.42 bits per heavy atom. The highest BCUT2D eigenvalue weighted by molar-refractivity contribution is 6.14. The fourth-order valence-electron chi connectivity index (χ4n) is 4.96. The zero-order valence-corrected chi connectivity index (χ0v) is 22.8. The van der Waals surface area contributed by atoms with Crippen LogP contribution in [0.5, 0.6) is 0 Å². The van der Waals surface area contributed by atoms with Gasteiger partial charge in [-0.3, -0.25) is 24.0 Å². The van der Waals surface area contributed by atoms with Crippen molar-refractivity contribution < 1.29 is 28.7 Å². The predicted octanol–water partition coefficient (Wildman–Crippen LogP) is 2.10. The molecule has 3 amide bonds. The third-order valence-corrected chi connectivity index (χ3v) is 6.94. The lowest BCUT2D eigenvalue weighted by Gasteiger charge is -2.38. The number of carbonyl (C=O) groups excluding carboxylic acids is 5. The highest BCUT2D eigenvalue weighted by Gasteiger charge is 2.54. The van der Waals surface area contributed by atoms with E-state index in [1.807, 2.05) is 30.3 Å². The summed E-state index contributed by atoms with van der Waals surface area (Å²) in [6.45, 7) is 4.97. The van der Waals surface area contributed by atoms with Gasteiger partial charge in [0.05, 0.1) is 12.5 Å². The van der Waals surface area contributed by atoms with Gasteiger partial charge in [0.1, 0.15) is 17.1 Å². The number of hydrogen-bond donors (Lipinski definition) is 4. The van der Waals surface area contributed by atoms with E-state index in [4.69, 9.17) is 10.5 Å². The smallest absolute Gasteiger partial charge is 0.307 e. The number of aromatic amines is 1. The van der Waals surface area contributed by atoms with Crippen LogP contribution in [0.15, 0.2) is 60.8 Å². The average molecular weight is 547 g/mol. The number of carbonyl (C=O) groups is 5. The number of ketones is 1. The molecule has 210 valence electrons. The van der Waals surface area contributed by atoms with Crippen LogP contribution in [0.3, 0.4) is 0 Å². The van der Waals surface area contributed by atoms with Gasteiger partial charge in [-0.05, 0) is 38.0 Å². The molecule has 0 radical (unpaired) electrons. The number of para-hydroxylation sites is 1. The Labute approximate surface area is 232 Å². The van der Waals surface area contributed by atoms with Gasteiger partial charge in [0.25, 0.3) is 0 Å². The van der Waals surface area contributed by atoms with Crippen molar-refractivity contribution in [2.24, 2.45) is 11.1 Å². The first-order valence-electron chi connectivity index (χ1n) is 13.1. The summed E-state index contributed by atoms with van der Waals surface area (Å²) in [7, 11) is 0. The summed E-state index contributed by atoms with van der Waals surface area (Å²) < 4.78 is 5.40. The maximum Gasteiger partial charge on any atom is 0.307 e. The normalized spacial score (nSPS) is 20.0. The van der Waals surface area contributed by atoms with Gasteiger partial charge >= 0.3 is 5.97 Å². The van der Waals surface area contributed by atoms with Crippen LogP contribution < -0.4 is 16.4 Å². The lowest BCUT2D eigenvalue weighted by Crippen LogP contribution is -2.64. The third-order valence-electron chi connectivity index (χ3n) is 6.94. The van der Waals surface area contributed by atoms with Crippen molar-refractivity contribution in [3.63, 3.8) is 0 Å². The van der Waals surface area contributed by atoms with Crippen molar-refractivity contribution >= 4 is 40.4 Å². The molecule has 1 aliphatic heterocycles. The molecule has 0 bridgehead atoms. The first-order chi connectivity index (χ1) is 18.9. The van der Waals surface area contributed by atoms with E-state index in [1.165, 1.54) is 0 Å². The molecule has 4 rings (SSSR count). The molecule has 10 nitrogen and oxygen atoms in total. The summed E-state index contributed by atoms with van der Waals surface area (Å²) in [6.07, 6.45) is 0.846. The third kappa shape index (κ3) is 6.39. The van der Waals surface area contributed by atoms with Crippen LogP contribution in [0.1, 0.15) is 44.7 Å². The van der Waals surface area contributed by atoms with Gasteiger partial charge in [0, 0.05) is 36.4 Å². The van der Waals surface area contributed by atoms with Crippen molar-refractivity contribution in [1.29, 1.82) is 0 Å². The first-order valence-corrected chi connectivity index (χ1v) is 13.1. The van der Waals surface area contributed by atoms with Crippen LogP contribution in [-0.2, 0) is 41.6 Å². The second-order valence-electron chi connectivity index (χ2n) is 11.2. The quantitative estimate of drug-likeness (QED) is 0.237. The number of fused-ring (bicyclic) bond motifs is 1. The minimum atomic E-state index is -2.11. The zero-order valence-electron chi connectivity index (χ0n) is 22.8. The minimum absolute atomic E-state index is 0.0726.